The van der Waals surface area contributed by atoms with Crippen LogP contribution in [0.5, 0.6) is 0 Å². The predicted octanol–water partition coefficient (Wildman–Crippen LogP) is 1.54. The van der Waals surface area contributed by atoms with Crippen LogP contribution in [0.2, 0.25) is 0 Å². The van der Waals surface area contributed by atoms with Crippen LogP contribution >= 0.6 is 0 Å². The SMILES string of the molecule is NCC1(C(=O)Nc2ccncc2)CCCC1. The van der Waals surface area contributed by atoms with Gasteiger partial charge in [0.15, 0.2) is 0 Å². The number of hydrogen-bond donors (Lipinski definition) is 2. The number of aromatic nitrogens is 1. The lowest BCUT2D eigenvalue weighted by Crippen LogP contribution is -2.40. The molecule has 16 heavy (non-hydrogen) atoms. The third-order valence-electron chi connectivity index (χ3n) is 3.37. The smallest absolute Gasteiger partial charge is 0.231 e. The Hall–Kier alpha value is -1.42. The quantitative estimate of drug-likeness (QED) is 0.810. The molecule has 1 saturated carbocycles. The van der Waals surface area contributed by atoms with Gasteiger partial charge in [0.25, 0.3) is 0 Å². The highest BCUT2D eigenvalue weighted by molar-refractivity contribution is 5.95. The molecule has 3 N–H and O–H groups in total. The van der Waals surface area contributed by atoms with E-state index in [9.17, 15) is 4.79 Å². The fourth-order valence-corrected chi connectivity index (χ4v) is 2.27. The van der Waals surface area contributed by atoms with Gasteiger partial charge in [-0.25, -0.2) is 0 Å². The van der Waals surface area contributed by atoms with Crippen molar-refractivity contribution in [3.8, 4) is 0 Å². The van der Waals surface area contributed by atoms with Gasteiger partial charge in [0, 0.05) is 24.6 Å². The topological polar surface area (TPSA) is 68.0 Å². The predicted molar refractivity (Wildman–Crippen MR) is 62.8 cm³/mol. The Labute approximate surface area is 95.3 Å². The fraction of sp³-hybridized carbons (Fsp3) is 0.500. The van der Waals surface area contributed by atoms with Crippen LogP contribution in [0.25, 0.3) is 0 Å². The lowest BCUT2D eigenvalue weighted by Gasteiger charge is -2.25. The standard InChI is InChI=1S/C12H17N3O/c13-9-12(5-1-2-6-12)11(16)15-10-3-7-14-8-4-10/h3-4,7-8H,1-2,5-6,9,13H2,(H,14,15,16). The zero-order chi connectivity index (χ0) is 11.4. The Morgan fingerprint density at radius 1 is 1.38 bits per heavy atom. The summed E-state index contributed by atoms with van der Waals surface area (Å²) in [6.45, 7) is 0.434. The van der Waals surface area contributed by atoms with Crippen molar-refractivity contribution in [3.63, 3.8) is 0 Å². The van der Waals surface area contributed by atoms with Gasteiger partial charge < -0.3 is 11.1 Å². The van der Waals surface area contributed by atoms with Gasteiger partial charge in [0.05, 0.1) is 5.41 Å². The van der Waals surface area contributed by atoms with Crippen LogP contribution in [0.15, 0.2) is 24.5 Å². The van der Waals surface area contributed by atoms with Crippen LogP contribution < -0.4 is 11.1 Å². The van der Waals surface area contributed by atoms with Crippen molar-refractivity contribution >= 4 is 11.6 Å². The van der Waals surface area contributed by atoms with Gasteiger partial charge >= 0.3 is 0 Å². The summed E-state index contributed by atoms with van der Waals surface area (Å²) < 4.78 is 0. The van der Waals surface area contributed by atoms with E-state index in [1.165, 1.54) is 0 Å². The maximum absolute atomic E-state index is 12.2. The first-order chi connectivity index (χ1) is 7.77. The minimum absolute atomic E-state index is 0.0544. The summed E-state index contributed by atoms with van der Waals surface area (Å²) in [6, 6.07) is 3.58. The molecule has 0 unspecified atom stereocenters. The molecule has 1 aromatic heterocycles. The number of anilines is 1. The number of nitrogens with two attached hydrogens (primary N) is 1. The minimum atomic E-state index is -0.344. The maximum atomic E-state index is 12.2. The van der Waals surface area contributed by atoms with E-state index in [2.05, 4.69) is 10.3 Å². The summed E-state index contributed by atoms with van der Waals surface area (Å²) in [5.41, 5.74) is 6.20. The highest BCUT2D eigenvalue weighted by atomic mass is 16.2. The van der Waals surface area contributed by atoms with Crippen molar-refractivity contribution in [1.82, 2.24) is 4.98 Å². The van der Waals surface area contributed by atoms with Crippen LogP contribution in [-0.2, 0) is 4.79 Å². The number of carbonyl (C=O) groups excluding carboxylic acids is 1. The molecule has 0 spiro atoms. The molecule has 0 bridgehead atoms. The average Bonchev–Trinajstić information content (AvgIpc) is 2.80. The van der Waals surface area contributed by atoms with E-state index in [0.717, 1.165) is 31.4 Å². The molecule has 0 radical (unpaired) electrons. The molecule has 1 aliphatic carbocycles. The second-order valence-electron chi connectivity index (χ2n) is 4.38. The monoisotopic (exact) mass is 219 g/mol. The summed E-state index contributed by atoms with van der Waals surface area (Å²) in [5, 5.41) is 2.92. The van der Waals surface area contributed by atoms with Crippen molar-refractivity contribution in [2.75, 3.05) is 11.9 Å². The summed E-state index contributed by atoms with van der Waals surface area (Å²) in [5.74, 6) is 0.0544. The molecule has 86 valence electrons. The van der Waals surface area contributed by atoms with Crippen LogP contribution in [0.3, 0.4) is 0 Å². The highest BCUT2D eigenvalue weighted by Gasteiger charge is 2.39. The van der Waals surface area contributed by atoms with Gasteiger partial charge in [-0.05, 0) is 25.0 Å². The van der Waals surface area contributed by atoms with Crippen molar-refractivity contribution in [3.05, 3.63) is 24.5 Å². The number of pyridine rings is 1. The second-order valence-corrected chi connectivity index (χ2v) is 4.38. The first kappa shape index (κ1) is 11.1. The zero-order valence-corrected chi connectivity index (χ0v) is 9.28. The number of hydrogen-bond acceptors (Lipinski definition) is 3. The summed E-state index contributed by atoms with van der Waals surface area (Å²) in [6.07, 6.45) is 7.33. The van der Waals surface area contributed by atoms with Gasteiger partial charge in [0.2, 0.25) is 5.91 Å². The maximum Gasteiger partial charge on any atom is 0.231 e. The fourth-order valence-electron chi connectivity index (χ4n) is 2.27. The van der Waals surface area contributed by atoms with Crippen LogP contribution in [0.1, 0.15) is 25.7 Å². The van der Waals surface area contributed by atoms with Crippen molar-refractivity contribution in [1.29, 1.82) is 0 Å². The summed E-state index contributed by atoms with van der Waals surface area (Å²) in [7, 11) is 0. The zero-order valence-electron chi connectivity index (χ0n) is 9.28. The molecule has 1 aliphatic rings. The van der Waals surface area contributed by atoms with Gasteiger partial charge in [-0.15, -0.1) is 0 Å². The lowest BCUT2D eigenvalue weighted by atomic mass is 9.85. The molecule has 1 amide bonds. The third kappa shape index (κ3) is 2.07. The highest BCUT2D eigenvalue weighted by Crippen LogP contribution is 2.38. The summed E-state index contributed by atoms with van der Waals surface area (Å²) >= 11 is 0. The third-order valence-corrected chi connectivity index (χ3v) is 3.37. The number of carbonyl (C=O) groups is 1. The molecule has 0 aromatic carbocycles. The first-order valence-corrected chi connectivity index (χ1v) is 5.68. The molecule has 1 fully saturated rings. The van der Waals surface area contributed by atoms with E-state index in [-0.39, 0.29) is 11.3 Å². The molecule has 4 heteroatoms. The van der Waals surface area contributed by atoms with Crippen molar-refractivity contribution < 1.29 is 4.79 Å². The van der Waals surface area contributed by atoms with Crippen LogP contribution in [-0.4, -0.2) is 17.4 Å². The van der Waals surface area contributed by atoms with E-state index in [1.54, 1.807) is 24.5 Å². The Bertz CT molecular complexity index is 358. The number of rotatable bonds is 3. The Balaban J connectivity index is 2.07. The molecule has 1 heterocycles. The molecular formula is C12H17N3O. The Kier molecular flexibility index (Phi) is 3.19. The van der Waals surface area contributed by atoms with E-state index >= 15 is 0 Å². The molecule has 0 aliphatic heterocycles. The Morgan fingerprint density at radius 2 is 2.00 bits per heavy atom. The van der Waals surface area contributed by atoms with Crippen molar-refractivity contribution in [2.45, 2.75) is 25.7 Å². The normalized spacial score (nSPS) is 18.3. The van der Waals surface area contributed by atoms with Gasteiger partial charge in [-0.2, -0.15) is 0 Å². The molecule has 1 aromatic rings. The Morgan fingerprint density at radius 3 is 2.56 bits per heavy atom. The van der Waals surface area contributed by atoms with Crippen LogP contribution in [0.4, 0.5) is 5.69 Å². The van der Waals surface area contributed by atoms with Gasteiger partial charge in [-0.1, -0.05) is 12.8 Å². The summed E-state index contributed by atoms with van der Waals surface area (Å²) in [4.78, 5) is 16.1. The van der Waals surface area contributed by atoms with E-state index in [1.807, 2.05) is 0 Å². The molecule has 0 saturated heterocycles. The van der Waals surface area contributed by atoms with Crippen molar-refractivity contribution in [2.24, 2.45) is 11.1 Å². The molecule has 0 atom stereocenters. The first-order valence-electron chi connectivity index (χ1n) is 5.68. The number of amides is 1. The largest absolute Gasteiger partial charge is 0.329 e. The number of nitrogens with one attached hydrogen (secondary N) is 1. The lowest BCUT2D eigenvalue weighted by molar-refractivity contribution is -0.124. The van der Waals surface area contributed by atoms with Gasteiger partial charge in [-0.3, -0.25) is 9.78 Å². The van der Waals surface area contributed by atoms with E-state index in [4.69, 9.17) is 5.73 Å². The number of nitrogens with zero attached hydrogens (tertiary/aromatic N) is 1. The van der Waals surface area contributed by atoms with E-state index < -0.39 is 0 Å². The molecule has 4 nitrogen and oxygen atoms in total. The minimum Gasteiger partial charge on any atom is -0.329 e. The average molecular weight is 219 g/mol. The molecule has 2 rings (SSSR count). The second kappa shape index (κ2) is 4.61. The van der Waals surface area contributed by atoms with E-state index in [0.29, 0.717) is 6.54 Å². The molecular weight excluding hydrogens is 202 g/mol. The van der Waals surface area contributed by atoms with Gasteiger partial charge in [0.1, 0.15) is 0 Å². The van der Waals surface area contributed by atoms with Crippen LogP contribution in [0, 0.1) is 5.41 Å².